The molecule has 0 aliphatic carbocycles. The molecule has 2 aromatic carbocycles. The summed E-state index contributed by atoms with van der Waals surface area (Å²) >= 11 is 8.52. The van der Waals surface area contributed by atoms with Gasteiger partial charge in [0.1, 0.15) is 16.3 Å². The number of anilines is 1. The second kappa shape index (κ2) is 13.6. The van der Waals surface area contributed by atoms with Gasteiger partial charge in [-0.1, -0.05) is 55.4 Å². The highest BCUT2D eigenvalue weighted by Crippen LogP contribution is 2.37. The van der Waals surface area contributed by atoms with E-state index in [0.717, 1.165) is 16.9 Å². The molecule has 0 saturated carbocycles. The van der Waals surface area contributed by atoms with Gasteiger partial charge < -0.3 is 14.8 Å². The Morgan fingerprint density at radius 3 is 2.48 bits per heavy atom. The molecule has 0 aliphatic rings. The van der Waals surface area contributed by atoms with Crippen molar-refractivity contribution in [3.63, 3.8) is 0 Å². The summed E-state index contributed by atoms with van der Waals surface area (Å²) in [7, 11) is 1.31. The fraction of sp³-hybridized carbons (Fsp3) is 0.241. The predicted octanol–water partition coefficient (Wildman–Crippen LogP) is 7.07. The number of allylic oxidation sites excluding steroid dienone is 1. The van der Waals surface area contributed by atoms with Crippen molar-refractivity contribution < 1.29 is 19.1 Å². The average molecular weight is 597 g/mol. The van der Waals surface area contributed by atoms with Crippen LogP contribution in [0.2, 0.25) is 5.02 Å². The Hall–Kier alpha value is -3.60. The normalized spacial score (nSPS) is 10.9. The first-order valence-corrected chi connectivity index (χ1v) is 14.7. The lowest BCUT2D eigenvalue weighted by Crippen LogP contribution is -2.16. The largest absolute Gasteiger partial charge is 0.493 e. The van der Waals surface area contributed by atoms with Crippen LogP contribution in [0, 0.1) is 5.92 Å². The number of thiophene rings is 1. The number of hydrogen-bond donors (Lipinski definition) is 1. The van der Waals surface area contributed by atoms with Gasteiger partial charge >= 0.3 is 5.97 Å². The molecule has 0 fully saturated rings. The van der Waals surface area contributed by atoms with Crippen LogP contribution in [-0.2, 0) is 16.1 Å². The van der Waals surface area contributed by atoms with Crippen molar-refractivity contribution in [1.29, 1.82) is 0 Å². The van der Waals surface area contributed by atoms with Gasteiger partial charge in [-0.3, -0.25) is 9.36 Å². The van der Waals surface area contributed by atoms with E-state index in [1.807, 2.05) is 46.3 Å². The van der Waals surface area contributed by atoms with Gasteiger partial charge in [0.2, 0.25) is 5.91 Å². The van der Waals surface area contributed by atoms with Crippen molar-refractivity contribution in [2.75, 3.05) is 24.8 Å². The summed E-state index contributed by atoms with van der Waals surface area (Å²) in [5.74, 6) is 1.12. The highest BCUT2D eigenvalue weighted by Gasteiger charge is 2.23. The van der Waals surface area contributed by atoms with Crippen molar-refractivity contribution >= 4 is 51.6 Å². The molecule has 0 unspecified atom stereocenters. The summed E-state index contributed by atoms with van der Waals surface area (Å²) in [6, 6.07) is 14.8. The van der Waals surface area contributed by atoms with Gasteiger partial charge in [-0.15, -0.1) is 28.1 Å². The Bertz CT molecular complexity index is 1480. The molecular weight excluding hydrogens is 568 g/mol. The first kappa shape index (κ1) is 29.4. The Kier molecular flexibility index (Phi) is 10.0. The molecule has 40 heavy (non-hydrogen) atoms. The average Bonchev–Trinajstić information content (AvgIpc) is 3.55. The second-order valence-corrected chi connectivity index (χ2v) is 11.4. The van der Waals surface area contributed by atoms with Crippen molar-refractivity contribution in [3.05, 3.63) is 77.2 Å². The summed E-state index contributed by atoms with van der Waals surface area (Å²) in [6.07, 6.45) is 1.75. The number of methoxy groups -OCH3 is 1. The quantitative estimate of drug-likeness (QED) is 0.106. The number of carbonyl (C=O) groups is 2. The van der Waals surface area contributed by atoms with E-state index in [4.69, 9.17) is 21.1 Å². The van der Waals surface area contributed by atoms with E-state index in [-0.39, 0.29) is 11.7 Å². The van der Waals surface area contributed by atoms with Gasteiger partial charge in [-0.25, -0.2) is 4.79 Å². The van der Waals surface area contributed by atoms with Crippen LogP contribution in [0.15, 0.2) is 71.7 Å². The smallest absolute Gasteiger partial charge is 0.341 e. The van der Waals surface area contributed by atoms with Gasteiger partial charge in [0.05, 0.1) is 19.5 Å². The summed E-state index contributed by atoms with van der Waals surface area (Å²) in [5.41, 5.74) is 2.62. The van der Waals surface area contributed by atoms with Crippen LogP contribution in [0.25, 0.3) is 22.5 Å². The molecular formula is C29H29ClN4O4S2. The zero-order valence-corrected chi connectivity index (χ0v) is 24.7. The molecule has 1 amide bonds. The zero-order valence-electron chi connectivity index (χ0n) is 22.3. The lowest BCUT2D eigenvalue weighted by atomic mass is 10.0. The van der Waals surface area contributed by atoms with E-state index in [9.17, 15) is 9.59 Å². The summed E-state index contributed by atoms with van der Waals surface area (Å²) < 4.78 is 12.7. The summed E-state index contributed by atoms with van der Waals surface area (Å²) in [6.45, 7) is 9.16. The van der Waals surface area contributed by atoms with Crippen LogP contribution in [0.4, 0.5) is 5.00 Å². The van der Waals surface area contributed by atoms with Crippen molar-refractivity contribution in [3.8, 4) is 28.3 Å². The second-order valence-electron chi connectivity index (χ2n) is 9.12. The number of ether oxygens (including phenoxy) is 2. The molecule has 2 heterocycles. The van der Waals surface area contributed by atoms with Crippen LogP contribution in [0.5, 0.6) is 5.75 Å². The van der Waals surface area contributed by atoms with Gasteiger partial charge in [0, 0.05) is 28.1 Å². The van der Waals surface area contributed by atoms with E-state index in [0.29, 0.717) is 51.2 Å². The van der Waals surface area contributed by atoms with Gasteiger partial charge in [-0.2, -0.15) is 0 Å². The topological polar surface area (TPSA) is 95.3 Å². The minimum Gasteiger partial charge on any atom is -0.493 e. The zero-order chi connectivity index (χ0) is 28.6. The molecule has 0 bridgehead atoms. The number of amides is 1. The van der Waals surface area contributed by atoms with Crippen molar-refractivity contribution in [2.24, 2.45) is 5.92 Å². The molecule has 11 heteroatoms. The first-order valence-electron chi connectivity index (χ1n) is 12.5. The minimum atomic E-state index is -0.537. The number of nitrogens with zero attached hydrogens (tertiary/aromatic N) is 3. The predicted molar refractivity (Wildman–Crippen MR) is 161 cm³/mol. The number of benzene rings is 2. The SMILES string of the molecule is C=CCn1c(SCC(=O)Nc2scc(-c3ccc(Cl)cc3)c2C(=O)OC)nnc1-c1ccc(OCC(C)C)cc1. The Morgan fingerprint density at radius 2 is 1.82 bits per heavy atom. The molecule has 4 rings (SSSR count). The maximum atomic E-state index is 12.9. The number of nitrogens with one attached hydrogen (secondary N) is 1. The summed E-state index contributed by atoms with van der Waals surface area (Å²) in [5, 5.41) is 14.9. The maximum Gasteiger partial charge on any atom is 0.341 e. The number of aromatic nitrogens is 3. The van der Waals surface area contributed by atoms with E-state index < -0.39 is 5.97 Å². The third-order valence-electron chi connectivity index (χ3n) is 5.65. The monoisotopic (exact) mass is 596 g/mol. The molecule has 1 N–H and O–H groups in total. The van der Waals surface area contributed by atoms with Gasteiger partial charge in [-0.05, 0) is 47.9 Å². The van der Waals surface area contributed by atoms with Crippen molar-refractivity contribution in [1.82, 2.24) is 14.8 Å². The Morgan fingerprint density at radius 1 is 1.12 bits per heavy atom. The molecule has 0 atom stereocenters. The minimum absolute atomic E-state index is 0.0616. The number of thioether (sulfide) groups is 1. The number of rotatable bonds is 12. The number of carbonyl (C=O) groups excluding carboxylic acids is 2. The molecule has 0 radical (unpaired) electrons. The Balaban J connectivity index is 1.48. The third kappa shape index (κ3) is 7.12. The number of esters is 1. The molecule has 0 saturated heterocycles. The lowest BCUT2D eigenvalue weighted by molar-refractivity contribution is -0.113. The first-order chi connectivity index (χ1) is 19.3. The van der Waals surface area contributed by atoms with E-state index in [1.165, 1.54) is 30.2 Å². The van der Waals surface area contributed by atoms with Crippen LogP contribution in [-0.4, -0.2) is 46.1 Å². The highest BCUT2D eigenvalue weighted by molar-refractivity contribution is 7.99. The van der Waals surface area contributed by atoms with E-state index >= 15 is 0 Å². The number of hydrogen-bond acceptors (Lipinski definition) is 8. The molecule has 2 aromatic heterocycles. The molecule has 0 spiro atoms. The standard InChI is InChI=1S/C29H29ClN4O4S2/c1-5-14-34-26(20-8-12-22(13-9-20)38-15-18(2)3)32-33-29(34)40-17-24(35)31-27-25(28(36)37-4)23(16-39-27)19-6-10-21(30)11-7-19/h5-13,16,18H,1,14-15,17H2,2-4H3,(H,31,35). The third-order valence-corrected chi connectivity index (χ3v) is 7.76. The highest BCUT2D eigenvalue weighted by atomic mass is 35.5. The molecule has 4 aromatic rings. The van der Waals surface area contributed by atoms with Gasteiger partial charge in [0.25, 0.3) is 0 Å². The van der Waals surface area contributed by atoms with Crippen LogP contribution in [0.1, 0.15) is 24.2 Å². The number of halogens is 1. The molecule has 208 valence electrons. The van der Waals surface area contributed by atoms with Crippen LogP contribution >= 0.6 is 34.7 Å². The Labute approximate surface area is 246 Å². The van der Waals surface area contributed by atoms with E-state index in [2.05, 4.69) is 35.9 Å². The maximum absolute atomic E-state index is 12.9. The van der Waals surface area contributed by atoms with Crippen LogP contribution < -0.4 is 10.1 Å². The molecule has 8 nitrogen and oxygen atoms in total. The fourth-order valence-electron chi connectivity index (χ4n) is 3.76. The lowest BCUT2D eigenvalue weighted by Gasteiger charge is -2.10. The van der Waals surface area contributed by atoms with E-state index in [1.54, 1.807) is 18.2 Å². The fourth-order valence-corrected chi connectivity index (χ4v) is 5.60. The van der Waals surface area contributed by atoms with Crippen LogP contribution in [0.3, 0.4) is 0 Å². The summed E-state index contributed by atoms with van der Waals surface area (Å²) in [4.78, 5) is 25.6. The molecule has 0 aliphatic heterocycles. The van der Waals surface area contributed by atoms with Gasteiger partial charge in [0.15, 0.2) is 11.0 Å². The van der Waals surface area contributed by atoms with Crippen molar-refractivity contribution in [2.45, 2.75) is 25.5 Å².